The van der Waals surface area contributed by atoms with Gasteiger partial charge in [-0.05, 0) is 37.6 Å². The number of amides is 1. The molecule has 0 bridgehead atoms. The van der Waals surface area contributed by atoms with Crippen molar-refractivity contribution in [3.8, 4) is 0 Å². The molecule has 1 aromatic heterocycles. The zero-order chi connectivity index (χ0) is 15.6. The van der Waals surface area contributed by atoms with Gasteiger partial charge in [0.1, 0.15) is 6.54 Å². The van der Waals surface area contributed by atoms with E-state index in [0.29, 0.717) is 21.4 Å². The van der Waals surface area contributed by atoms with Crippen LogP contribution in [0, 0.1) is 13.8 Å². The van der Waals surface area contributed by atoms with E-state index >= 15 is 0 Å². The molecule has 0 fully saturated rings. The maximum Gasteiger partial charge on any atom is 0.267 e. The second-order valence-electron chi connectivity index (χ2n) is 4.58. The van der Waals surface area contributed by atoms with Gasteiger partial charge in [-0.2, -0.15) is 5.10 Å². The van der Waals surface area contributed by atoms with E-state index in [-0.39, 0.29) is 12.1 Å². The van der Waals surface area contributed by atoms with Crippen LogP contribution in [0.15, 0.2) is 29.1 Å². The lowest BCUT2D eigenvalue weighted by atomic mass is 10.2. The highest BCUT2D eigenvalue weighted by Crippen LogP contribution is 2.25. The van der Waals surface area contributed by atoms with Crippen LogP contribution in [0.25, 0.3) is 0 Å². The van der Waals surface area contributed by atoms with E-state index in [2.05, 4.69) is 10.4 Å². The average molecular weight is 326 g/mol. The first kappa shape index (κ1) is 15.5. The van der Waals surface area contributed by atoms with E-state index in [1.165, 1.54) is 12.1 Å². The molecule has 0 unspecified atom stereocenters. The van der Waals surface area contributed by atoms with Gasteiger partial charge in [-0.1, -0.05) is 23.2 Å². The Kier molecular flexibility index (Phi) is 4.65. The molecule has 5 nitrogen and oxygen atoms in total. The normalized spacial score (nSPS) is 10.5. The van der Waals surface area contributed by atoms with Gasteiger partial charge in [0.05, 0.1) is 16.4 Å². The van der Waals surface area contributed by atoms with Crippen LogP contribution in [0.2, 0.25) is 10.0 Å². The fraction of sp³-hybridized carbons (Fsp3) is 0.214. The molecule has 0 aliphatic rings. The molecule has 0 radical (unpaired) electrons. The van der Waals surface area contributed by atoms with Gasteiger partial charge in [0.25, 0.3) is 5.56 Å². The molecule has 110 valence electrons. The van der Waals surface area contributed by atoms with Crippen LogP contribution >= 0.6 is 23.2 Å². The summed E-state index contributed by atoms with van der Waals surface area (Å²) in [6.45, 7) is 3.39. The summed E-state index contributed by atoms with van der Waals surface area (Å²) in [4.78, 5) is 23.7. The highest BCUT2D eigenvalue weighted by Gasteiger charge is 2.10. The monoisotopic (exact) mass is 325 g/mol. The summed E-state index contributed by atoms with van der Waals surface area (Å²) in [6, 6.07) is 6.19. The number of nitrogens with zero attached hydrogens (tertiary/aromatic N) is 2. The van der Waals surface area contributed by atoms with Crippen molar-refractivity contribution in [1.29, 1.82) is 0 Å². The van der Waals surface area contributed by atoms with E-state index < -0.39 is 5.91 Å². The first-order chi connectivity index (χ1) is 9.86. The van der Waals surface area contributed by atoms with Crippen molar-refractivity contribution in [2.45, 2.75) is 20.4 Å². The standard InChI is InChI=1S/C14H13Cl2N3O2/c1-8-5-14(21)19(18-9(8)2)7-13(20)17-12-4-3-10(15)6-11(12)16/h3-6H,7H2,1-2H3,(H,17,20). The van der Waals surface area contributed by atoms with E-state index in [1.54, 1.807) is 26.0 Å². The summed E-state index contributed by atoms with van der Waals surface area (Å²) in [5, 5.41) is 7.50. The molecule has 0 aliphatic carbocycles. The number of rotatable bonds is 3. The Hall–Kier alpha value is -1.85. The van der Waals surface area contributed by atoms with Gasteiger partial charge in [-0.25, -0.2) is 4.68 Å². The lowest BCUT2D eigenvalue weighted by molar-refractivity contribution is -0.117. The SMILES string of the molecule is Cc1cc(=O)n(CC(=O)Nc2ccc(Cl)cc2Cl)nc1C. The molecular weight excluding hydrogens is 313 g/mol. The maximum absolute atomic E-state index is 12.0. The van der Waals surface area contributed by atoms with Crippen LogP contribution < -0.4 is 10.9 Å². The number of halogens is 2. The highest BCUT2D eigenvalue weighted by atomic mass is 35.5. The Labute approximate surface area is 131 Å². The average Bonchev–Trinajstić information content (AvgIpc) is 2.39. The topological polar surface area (TPSA) is 64.0 Å². The van der Waals surface area contributed by atoms with Gasteiger partial charge < -0.3 is 5.32 Å². The van der Waals surface area contributed by atoms with Gasteiger partial charge in [0.15, 0.2) is 0 Å². The van der Waals surface area contributed by atoms with Gasteiger partial charge in [-0.15, -0.1) is 0 Å². The van der Waals surface area contributed by atoms with Crippen molar-refractivity contribution >= 4 is 34.8 Å². The minimum absolute atomic E-state index is 0.182. The molecule has 0 saturated heterocycles. The summed E-state index contributed by atoms with van der Waals surface area (Å²) in [5.41, 5.74) is 1.60. The molecule has 1 amide bonds. The van der Waals surface area contributed by atoms with Crippen LogP contribution in [0.1, 0.15) is 11.3 Å². The summed E-state index contributed by atoms with van der Waals surface area (Å²) in [7, 11) is 0. The third-order valence-corrected chi connectivity index (χ3v) is 3.48. The fourth-order valence-corrected chi connectivity index (χ4v) is 2.16. The number of carbonyl (C=O) groups is 1. The van der Waals surface area contributed by atoms with Crippen LogP contribution in [-0.4, -0.2) is 15.7 Å². The lowest BCUT2D eigenvalue weighted by Crippen LogP contribution is -2.30. The molecule has 0 saturated carbocycles. The zero-order valence-electron chi connectivity index (χ0n) is 11.5. The van der Waals surface area contributed by atoms with Crippen LogP contribution in [0.3, 0.4) is 0 Å². The lowest BCUT2D eigenvalue weighted by Gasteiger charge is -2.09. The predicted octanol–water partition coefficient (Wildman–Crippen LogP) is 2.81. The molecule has 2 rings (SSSR count). The fourth-order valence-electron chi connectivity index (χ4n) is 1.70. The van der Waals surface area contributed by atoms with Gasteiger partial charge in [0.2, 0.25) is 5.91 Å². The Balaban J connectivity index is 2.15. The van der Waals surface area contributed by atoms with Crippen molar-refractivity contribution in [2.24, 2.45) is 0 Å². The molecule has 7 heteroatoms. The Bertz CT molecular complexity index is 756. The Morgan fingerprint density at radius 2 is 2.00 bits per heavy atom. The number of hydrogen-bond donors (Lipinski definition) is 1. The molecule has 21 heavy (non-hydrogen) atoms. The molecule has 0 atom stereocenters. The van der Waals surface area contributed by atoms with Gasteiger partial charge in [0, 0.05) is 11.1 Å². The minimum Gasteiger partial charge on any atom is -0.323 e. The van der Waals surface area contributed by atoms with Crippen LogP contribution in [-0.2, 0) is 11.3 Å². The summed E-state index contributed by atoms with van der Waals surface area (Å²) in [6.07, 6.45) is 0. The van der Waals surface area contributed by atoms with Crippen molar-refractivity contribution in [3.63, 3.8) is 0 Å². The van der Waals surface area contributed by atoms with Crippen LogP contribution in [0.5, 0.6) is 0 Å². The first-order valence-electron chi connectivity index (χ1n) is 6.17. The van der Waals surface area contributed by atoms with Gasteiger partial charge in [-0.3, -0.25) is 9.59 Å². The molecule has 1 heterocycles. The summed E-state index contributed by atoms with van der Waals surface area (Å²) >= 11 is 11.8. The van der Waals surface area contributed by atoms with Crippen molar-refractivity contribution in [2.75, 3.05) is 5.32 Å². The minimum atomic E-state index is -0.392. The van der Waals surface area contributed by atoms with E-state index in [1.807, 2.05) is 0 Å². The second-order valence-corrected chi connectivity index (χ2v) is 5.42. The number of aryl methyl sites for hydroxylation is 2. The number of hydrogen-bond acceptors (Lipinski definition) is 3. The molecule has 2 aromatic rings. The van der Waals surface area contributed by atoms with Crippen molar-refractivity contribution in [1.82, 2.24) is 9.78 Å². The maximum atomic E-state index is 12.0. The Morgan fingerprint density at radius 1 is 1.29 bits per heavy atom. The predicted molar refractivity (Wildman–Crippen MR) is 83.1 cm³/mol. The smallest absolute Gasteiger partial charge is 0.267 e. The van der Waals surface area contributed by atoms with Gasteiger partial charge >= 0.3 is 0 Å². The zero-order valence-corrected chi connectivity index (χ0v) is 13.0. The third kappa shape index (κ3) is 3.83. The molecule has 0 aliphatic heterocycles. The summed E-state index contributed by atoms with van der Waals surface area (Å²) in [5.74, 6) is -0.392. The first-order valence-corrected chi connectivity index (χ1v) is 6.92. The number of anilines is 1. The van der Waals surface area contributed by atoms with E-state index in [4.69, 9.17) is 23.2 Å². The van der Waals surface area contributed by atoms with E-state index in [9.17, 15) is 9.59 Å². The van der Waals surface area contributed by atoms with Crippen LogP contribution in [0.4, 0.5) is 5.69 Å². The Morgan fingerprint density at radius 3 is 2.67 bits per heavy atom. The number of nitrogens with one attached hydrogen (secondary N) is 1. The van der Waals surface area contributed by atoms with Crippen molar-refractivity contribution in [3.05, 3.63) is 55.9 Å². The molecule has 0 spiro atoms. The van der Waals surface area contributed by atoms with E-state index in [0.717, 1.165) is 10.2 Å². The summed E-state index contributed by atoms with van der Waals surface area (Å²) < 4.78 is 1.11. The third-order valence-electron chi connectivity index (χ3n) is 2.93. The molecular formula is C14H13Cl2N3O2. The second kappa shape index (κ2) is 6.28. The number of benzene rings is 1. The quantitative estimate of drug-likeness (QED) is 0.943. The van der Waals surface area contributed by atoms with Crippen molar-refractivity contribution < 1.29 is 4.79 Å². The molecule has 1 N–H and O–H groups in total. The number of aromatic nitrogens is 2. The molecule has 1 aromatic carbocycles. The number of carbonyl (C=O) groups excluding carboxylic acids is 1. The largest absolute Gasteiger partial charge is 0.323 e. The highest BCUT2D eigenvalue weighted by molar-refractivity contribution is 6.36.